The van der Waals surface area contributed by atoms with Gasteiger partial charge in [-0.3, -0.25) is 0 Å². The second-order valence-electron chi connectivity index (χ2n) is 6.19. The van der Waals surface area contributed by atoms with Crippen LogP contribution in [0.1, 0.15) is 46.0 Å². The molecule has 2 unspecified atom stereocenters. The van der Waals surface area contributed by atoms with Crippen LogP contribution in [0.25, 0.3) is 0 Å². The number of urea groups is 1. The van der Waals surface area contributed by atoms with Crippen LogP contribution in [0.4, 0.5) is 4.79 Å². The van der Waals surface area contributed by atoms with Crippen molar-refractivity contribution in [2.24, 2.45) is 17.8 Å². The zero-order valence-corrected chi connectivity index (χ0v) is 11.2. The first-order chi connectivity index (χ1) is 8.15. The Labute approximate surface area is 105 Å². The van der Waals surface area contributed by atoms with Crippen LogP contribution in [0.3, 0.4) is 0 Å². The predicted octanol–water partition coefficient (Wildman–Crippen LogP) is 2.86. The molecule has 2 rings (SSSR count). The van der Waals surface area contributed by atoms with E-state index in [9.17, 15) is 4.79 Å². The third-order valence-corrected chi connectivity index (χ3v) is 4.17. The van der Waals surface area contributed by atoms with Crippen molar-refractivity contribution in [1.29, 1.82) is 0 Å². The van der Waals surface area contributed by atoms with Crippen LogP contribution in [0.5, 0.6) is 0 Å². The number of carbonyl (C=O) groups excluding carboxylic acids is 1. The van der Waals surface area contributed by atoms with Gasteiger partial charge in [0.2, 0.25) is 0 Å². The van der Waals surface area contributed by atoms with Gasteiger partial charge in [0, 0.05) is 19.6 Å². The summed E-state index contributed by atoms with van der Waals surface area (Å²) in [6.07, 6.45) is 6.54. The number of piperidine rings is 1. The molecule has 17 heavy (non-hydrogen) atoms. The van der Waals surface area contributed by atoms with E-state index in [1.54, 1.807) is 0 Å². The number of likely N-dealkylation sites (tertiary alicyclic amines) is 1. The molecular formula is C14H26N2O. The predicted molar refractivity (Wildman–Crippen MR) is 69.9 cm³/mol. The van der Waals surface area contributed by atoms with Gasteiger partial charge >= 0.3 is 6.03 Å². The van der Waals surface area contributed by atoms with E-state index in [0.29, 0.717) is 11.8 Å². The highest BCUT2D eigenvalue weighted by Crippen LogP contribution is 2.24. The highest BCUT2D eigenvalue weighted by atomic mass is 16.2. The van der Waals surface area contributed by atoms with Gasteiger partial charge in [0.05, 0.1) is 0 Å². The summed E-state index contributed by atoms with van der Waals surface area (Å²) >= 11 is 0. The van der Waals surface area contributed by atoms with Crippen molar-refractivity contribution in [2.75, 3.05) is 19.6 Å². The van der Waals surface area contributed by atoms with Crippen LogP contribution in [0.15, 0.2) is 0 Å². The summed E-state index contributed by atoms with van der Waals surface area (Å²) in [7, 11) is 0. The molecule has 1 saturated heterocycles. The van der Waals surface area contributed by atoms with Crippen molar-refractivity contribution >= 4 is 6.03 Å². The molecule has 0 aromatic heterocycles. The molecule has 1 aliphatic carbocycles. The summed E-state index contributed by atoms with van der Waals surface area (Å²) in [5, 5.41) is 3.12. The van der Waals surface area contributed by atoms with Crippen molar-refractivity contribution in [2.45, 2.75) is 46.0 Å². The fourth-order valence-electron chi connectivity index (χ4n) is 3.39. The van der Waals surface area contributed by atoms with E-state index in [4.69, 9.17) is 0 Å². The van der Waals surface area contributed by atoms with Crippen LogP contribution in [0, 0.1) is 17.8 Å². The molecule has 3 heteroatoms. The van der Waals surface area contributed by atoms with Gasteiger partial charge in [0.25, 0.3) is 0 Å². The zero-order valence-electron chi connectivity index (χ0n) is 11.2. The van der Waals surface area contributed by atoms with E-state index >= 15 is 0 Å². The number of hydrogen-bond acceptors (Lipinski definition) is 1. The number of carbonyl (C=O) groups is 1. The van der Waals surface area contributed by atoms with Gasteiger partial charge in [-0.25, -0.2) is 4.79 Å². The Morgan fingerprint density at radius 2 is 1.76 bits per heavy atom. The van der Waals surface area contributed by atoms with Crippen LogP contribution in [-0.4, -0.2) is 30.6 Å². The Morgan fingerprint density at radius 3 is 2.35 bits per heavy atom. The number of amides is 2. The minimum Gasteiger partial charge on any atom is -0.338 e. The summed E-state index contributed by atoms with van der Waals surface area (Å²) in [5.74, 6) is 2.03. The van der Waals surface area contributed by atoms with Crippen LogP contribution in [0.2, 0.25) is 0 Å². The molecule has 2 amide bonds. The zero-order chi connectivity index (χ0) is 12.3. The summed E-state index contributed by atoms with van der Waals surface area (Å²) in [4.78, 5) is 14.1. The third-order valence-electron chi connectivity index (χ3n) is 4.17. The smallest absolute Gasteiger partial charge is 0.317 e. The maximum absolute atomic E-state index is 12.1. The molecule has 0 aromatic rings. The van der Waals surface area contributed by atoms with E-state index in [-0.39, 0.29) is 6.03 Å². The lowest BCUT2D eigenvalue weighted by Gasteiger charge is -2.35. The van der Waals surface area contributed by atoms with Gasteiger partial charge in [0.15, 0.2) is 0 Å². The number of nitrogens with zero attached hydrogens (tertiary/aromatic N) is 1. The highest BCUT2D eigenvalue weighted by molar-refractivity contribution is 5.74. The van der Waals surface area contributed by atoms with Gasteiger partial charge in [-0.05, 0) is 37.0 Å². The van der Waals surface area contributed by atoms with E-state index in [1.807, 2.05) is 4.90 Å². The summed E-state index contributed by atoms with van der Waals surface area (Å²) < 4.78 is 0. The largest absolute Gasteiger partial charge is 0.338 e. The molecule has 0 radical (unpaired) electrons. The van der Waals surface area contributed by atoms with E-state index in [2.05, 4.69) is 19.2 Å². The Bertz CT molecular complexity index is 251. The maximum atomic E-state index is 12.1. The monoisotopic (exact) mass is 238 g/mol. The Morgan fingerprint density at radius 1 is 1.18 bits per heavy atom. The SMILES string of the molecule is CC1CC(C)CN(C(=O)NCC2CCCC2)C1. The van der Waals surface area contributed by atoms with Crippen LogP contribution in [-0.2, 0) is 0 Å². The Balaban J connectivity index is 1.74. The molecular weight excluding hydrogens is 212 g/mol. The van der Waals surface area contributed by atoms with Crippen molar-refractivity contribution in [1.82, 2.24) is 10.2 Å². The minimum atomic E-state index is 0.162. The maximum Gasteiger partial charge on any atom is 0.317 e. The number of rotatable bonds is 2. The normalized spacial score (nSPS) is 30.6. The molecule has 2 fully saturated rings. The lowest BCUT2D eigenvalue weighted by atomic mass is 9.92. The second kappa shape index (κ2) is 5.74. The topological polar surface area (TPSA) is 32.3 Å². The van der Waals surface area contributed by atoms with Gasteiger partial charge < -0.3 is 10.2 Å². The summed E-state index contributed by atoms with van der Waals surface area (Å²) in [5.41, 5.74) is 0. The Hall–Kier alpha value is -0.730. The first kappa shape index (κ1) is 12.7. The van der Waals surface area contributed by atoms with Crippen LogP contribution >= 0.6 is 0 Å². The molecule has 98 valence electrons. The Kier molecular flexibility index (Phi) is 4.30. The quantitative estimate of drug-likeness (QED) is 0.788. The van der Waals surface area contributed by atoms with Gasteiger partial charge in [-0.15, -0.1) is 0 Å². The molecule has 0 spiro atoms. The van der Waals surface area contributed by atoms with Gasteiger partial charge in [0.1, 0.15) is 0 Å². The van der Waals surface area contributed by atoms with Crippen molar-refractivity contribution in [3.63, 3.8) is 0 Å². The van der Waals surface area contributed by atoms with Gasteiger partial charge in [-0.1, -0.05) is 26.7 Å². The average molecular weight is 238 g/mol. The molecule has 0 bridgehead atoms. The van der Waals surface area contributed by atoms with E-state index < -0.39 is 0 Å². The van der Waals surface area contributed by atoms with Crippen molar-refractivity contribution in [3.05, 3.63) is 0 Å². The first-order valence-electron chi connectivity index (χ1n) is 7.18. The lowest BCUT2D eigenvalue weighted by molar-refractivity contribution is 0.145. The molecule has 2 atom stereocenters. The summed E-state index contributed by atoms with van der Waals surface area (Å²) in [6, 6.07) is 0.162. The average Bonchev–Trinajstić information content (AvgIpc) is 2.77. The lowest BCUT2D eigenvalue weighted by Crippen LogP contribution is -2.48. The molecule has 0 aromatic carbocycles. The van der Waals surface area contributed by atoms with Crippen LogP contribution < -0.4 is 5.32 Å². The second-order valence-corrected chi connectivity index (χ2v) is 6.19. The van der Waals surface area contributed by atoms with Gasteiger partial charge in [-0.2, -0.15) is 0 Å². The minimum absolute atomic E-state index is 0.162. The van der Waals surface area contributed by atoms with Crippen molar-refractivity contribution < 1.29 is 4.79 Å². The first-order valence-corrected chi connectivity index (χ1v) is 7.18. The fraction of sp³-hybridized carbons (Fsp3) is 0.929. The number of hydrogen-bond donors (Lipinski definition) is 1. The number of nitrogens with one attached hydrogen (secondary N) is 1. The molecule has 1 N–H and O–H groups in total. The molecule has 1 saturated carbocycles. The standard InChI is InChI=1S/C14H26N2O/c1-11-7-12(2)10-16(9-11)14(17)15-8-13-5-3-4-6-13/h11-13H,3-10H2,1-2H3,(H,15,17). The molecule has 1 heterocycles. The van der Waals surface area contributed by atoms with Crippen molar-refractivity contribution in [3.8, 4) is 0 Å². The molecule has 1 aliphatic heterocycles. The highest BCUT2D eigenvalue weighted by Gasteiger charge is 2.25. The molecule has 3 nitrogen and oxygen atoms in total. The molecule has 2 aliphatic rings. The van der Waals surface area contributed by atoms with E-state index in [1.165, 1.54) is 32.1 Å². The fourth-order valence-corrected chi connectivity index (χ4v) is 3.39. The summed E-state index contributed by atoms with van der Waals surface area (Å²) in [6.45, 7) is 7.24. The van der Waals surface area contributed by atoms with E-state index in [0.717, 1.165) is 25.6 Å². The third kappa shape index (κ3) is 3.62.